The minimum atomic E-state index is -0.706. The number of hydrogen-bond donors (Lipinski definition) is 2. The van der Waals surface area contributed by atoms with Gasteiger partial charge in [-0.1, -0.05) is 12.1 Å². The molecule has 1 aromatic carbocycles. The SMILES string of the molecule is COCC(=O)NCC(O)c1ccc(N(C)C)cc1. The molecule has 0 aliphatic heterocycles. The molecule has 5 heteroatoms. The Morgan fingerprint density at radius 2 is 2.00 bits per heavy atom. The van der Waals surface area contributed by atoms with Gasteiger partial charge in [-0.05, 0) is 17.7 Å². The number of nitrogens with zero attached hydrogens (tertiary/aromatic N) is 1. The second kappa shape index (κ2) is 6.98. The first-order valence-corrected chi connectivity index (χ1v) is 5.75. The van der Waals surface area contributed by atoms with Gasteiger partial charge >= 0.3 is 0 Å². The van der Waals surface area contributed by atoms with E-state index in [0.717, 1.165) is 11.3 Å². The lowest BCUT2D eigenvalue weighted by molar-refractivity contribution is -0.125. The average molecular weight is 252 g/mol. The van der Waals surface area contributed by atoms with Crippen LogP contribution in [0, 0.1) is 0 Å². The predicted molar refractivity (Wildman–Crippen MR) is 70.6 cm³/mol. The fourth-order valence-corrected chi connectivity index (χ4v) is 1.51. The molecule has 1 atom stereocenters. The van der Waals surface area contributed by atoms with Gasteiger partial charge in [-0.2, -0.15) is 0 Å². The number of carbonyl (C=O) groups is 1. The van der Waals surface area contributed by atoms with Crippen LogP contribution in [0.4, 0.5) is 5.69 Å². The molecule has 0 saturated carbocycles. The van der Waals surface area contributed by atoms with Gasteiger partial charge in [-0.3, -0.25) is 4.79 Å². The largest absolute Gasteiger partial charge is 0.387 e. The molecular weight excluding hydrogens is 232 g/mol. The third-order valence-electron chi connectivity index (χ3n) is 2.56. The van der Waals surface area contributed by atoms with Crippen LogP contribution in [0.1, 0.15) is 11.7 Å². The molecule has 1 aromatic rings. The molecule has 2 N–H and O–H groups in total. The molecule has 0 fully saturated rings. The quantitative estimate of drug-likeness (QED) is 0.776. The van der Waals surface area contributed by atoms with Gasteiger partial charge in [0.05, 0.1) is 6.10 Å². The second-order valence-corrected chi connectivity index (χ2v) is 4.24. The summed E-state index contributed by atoms with van der Waals surface area (Å²) in [6.45, 7) is 0.190. The molecule has 0 bridgehead atoms. The van der Waals surface area contributed by atoms with Crippen LogP contribution >= 0.6 is 0 Å². The van der Waals surface area contributed by atoms with Crippen LogP contribution in [0.2, 0.25) is 0 Å². The third kappa shape index (κ3) is 4.35. The first kappa shape index (κ1) is 14.5. The molecule has 1 rings (SSSR count). The van der Waals surface area contributed by atoms with Gasteiger partial charge in [-0.25, -0.2) is 0 Å². The van der Waals surface area contributed by atoms with Crippen molar-refractivity contribution >= 4 is 11.6 Å². The summed E-state index contributed by atoms with van der Waals surface area (Å²) in [5.41, 5.74) is 1.84. The number of anilines is 1. The molecule has 1 amide bonds. The zero-order chi connectivity index (χ0) is 13.5. The summed E-state index contributed by atoms with van der Waals surface area (Å²) < 4.78 is 4.68. The van der Waals surface area contributed by atoms with E-state index in [0.29, 0.717) is 0 Å². The zero-order valence-electron chi connectivity index (χ0n) is 11.0. The molecule has 1 unspecified atom stereocenters. The van der Waals surface area contributed by atoms with Crippen molar-refractivity contribution in [3.63, 3.8) is 0 Å². The minimum absolute atomic E-state index is 0.00624. The summed E-state index contributed by atoms with van der Waals surface area (Å²) >= 11 is 0. The molecule has 0 aliphatic carbocycles. The maximum absolute atomic E-state index is 11.2. The molecule has 0 saturated heterocycles. The summed E-state index contributed by atoms with van der Waals surface area (Å²) in [7, 11) is 5.36. The standard InChI is InChI=1S/C13H20N2O3/c1-15(2)11-6-4-10(5-7-11)12(16)8-14-13(17)9-18-3/h4-7,12,16H,8-9H2,1-3H3,(H,14,17). The van der Waals surface area contributed by atoms with Crippen LogP contribution in [0.5, 0.6) is 0 Å². The van der Waals surface area contributed by atoms with E-state index in [1.54, 1.807) is 0 Å². The maximum Gasteiger partial charge on any atom is 0.246 e. The third-order valence-corrected chi connectivity index (χ3v) is 2.56. The van der Waals surface area contributed by atoms with Gasteiger partial charge in [0, 0.05) is 33.4 Å². The van der Waals surface area contributed by atoms with Crippen molar-refractivity contribution in [2.24, 2.45) is 0 Å². The highest BCUT2D eigenvalue weighted by Gasteiger charge is 2.09. The maximum atomic E-state index is 11.2. The number of ether oxygens (including phenoxy) is 1. The topological polar surface area (TPSA) is 61.8 Å². The van der Waals surface area contributed by atoms with Crippen LogP contribution < -0.4 is 10.2 Å². The van der Waals surface area contributed by atoms with Crippen LogP contribution in [0.3, 0.4) is 0 Å². The monoisotopic (exact) mass is 252 g/mol. The molecule has 0 aliphatic rings. The van der Waals surface area contributed by atoms with Crippen LogP contribution in [-0.2, 0) is 9.53 Å². The number of rotatable bonds is 6. The number of benzene rings is 1. The van der Waals surface area contributed by atoms with Gasteiger partial charge < -0.3 is 20.1 Å². The van der Waals surface area contributed by atoms with Crippen LogP contribution in [0.25, 0.3) is 0 Å². The Morgan fingerprint density at radius 3 is 2.50 bits per heavy atom. The Kier molecular flexibility index (Phi) is 5.61. The summed E-state index contributed by atoms with van der Waals surface area (Å²) in [6, 6.07) is 7.55. The molecule has 0 aromatic heterocycles. The number of carbonyl (C=O) groups excluding carboxylic acids is 1. The Bertz CT molecular complexity index is 376. The number of methoxy groups -OCH3 is 1. The van der Waals surface area contributed by atoms with Crippen molar-refractivity contribution in [3.05, 3.63) is 29.8 Å². The molecule has 5 nitrogen and oxygen atoms in total. The van der Waals surface area contributed by atoms with E-state index in [4.69, 9.17) is 0 Å². The van der Waals surface area contributed by atoms with Crippen molar-refractivity contribution in [1.82, 2.24) is 5.32 Å². The van der Waals surface area contributed by atoms with E-state index >= 15 is 0 Å². The minimum Gasteiger partial charge on any atom is -0.387 e. The van der Waals surface area contributed by atoms with Crippen molar-refractivity contribution in [2.45, 2.75) is 6.10 Å². The summed E-state index contributed by atoms with van der Waals surface area (Å²) in [5.74, 6) is -0.235. The van der Waals surface area contributed by atoms with E-state index in [9.17, 15) is 9.90 Å². The van der Waals surface area contributed by atoms with E-state index in [2.05, 4.69) is 10.1 Å². The van der Waals surface area contributed by atoms with E-state index in [1.165, 1.54) is 7.11 Å². The lowest BCUT2D eigenvalue weighted by Crippen LogP contribution is -2.31. The van der Waals surface area contributed by atoms with E-state index in [1.807, 2.05) is 43.3 Å². The van der Waals surface area contributed by atoms with Gasteiger partial charge in [0.1, 0.15) is 6.61 Å². The van der Waals surface area contributed by atoms with Gasteiger partial charge in [0.15, 0.2) is 0 Å². The smallest absolute Gasteiger partial charge is 0.246 e. The van der Waals surface area contributed by atoms with Gasteiger partial charge in [-0.15, -0.1) is 0 Å². The number of nitrogens with one attached hydrogen (secondary N) is 1. The Hall–Kier alpha value is -1.59. The second-order valence-electron chi connectivity index (χ2n) is 4.24. The van der Waals surface area contributed by atoms with E-state index in [-0.39, 0.29) is 19.1 Å². The summed E-state index contributed by atoms with van der Waals surface area (Å²) in [4.78, 5) is 13.2. The van der Waals surface area contributed by atoms with Crippen molar-refractivity contribution in [3.8, 4) is 0 Å². The van der Waals surface area contributed by atoms with Crippen molar-refractivity contribution in [2.75, 3.05) is 39.3 Å². The lowest BCUT2D eigenvalue weighted by atomic mass is 10.1. The van der Waals surface area contributed by atoms with Crippen LogP contribution in [0.15, 0.2) is 24.3 Å². The van der Waals surface area contributed by atoms with Crippen LogP contribution in [-0.4, -0.2) is 45.4 Å². The Balaban J connectivity index is 2.51. The fraction of sp³-hybridized carbons (Fsp3) is 0.462. The number of aliphatic hydroxyl groups excluding tert-OH is 1. The zero-order valence-corrected chi connectivity index (χ0v) is 11.0. The first-order chi connectivity index (χ1) is 8.54. The Morgan fingerprint density at radius 1 is 1.39 bits per heavy atom. The molecule has 0 heterocycles. The number of aliphatic hydroxyl groups is 1. The van der Waals surface area contributed by atoms with Gasteiger partial charge in [0.25, 0.3) is 0 Å². The Labute approximate surface area is 107 Å². The summed E-state index contributed by atoms with van der Waals surface area (Å²) in [5, 5.41) is 12.5. The van der Waals surface area contributed by atoms with Gasteiger partial charge in [0.2, 0.25) is 5.91 Å². The fourth-order valence-electron chi connectivity index (χ4n) is 1.51. The number of hydrogen-bond acceptors (Lipinski definition) is 4. The molecule has 100 valence electrons. The first-order valence-electron chi connectivity index (χ1n) is 5.75. The number of amides is 1. The molecule has 0 spiro atoms. The highest BCUT2D eigenvalue weighted by Crippen LogP contribution is 2.17. The molecule has 0 radical (unpaired) electrons. The lowest BCUT2D eigenvalue weighted by Gasteiger charge is -2.15. The normalized spacial score (nSPS) is 12.0. The molecular formula is C13H20N2O3. The summed E-state index contributed by atoms with van der Waals surface area (Å²) in [6.07, 6.45) is -0.706. The van der Waals surface area contributed by atoms with E-state index < -0.39 is 6.10 Å². The molecule has 18 heavy (non-hydrogen) atoms. The highest BCUT2D eigenvalue weighted by atomic mass is 16.5. The predicted octanol–water partition coefficient (Wildman–Crippen LogP) is 0.549. The van der Waals surface area contributed by atoms with Crippen molar-refractivity contribution in [1.29, 1.82) is 0 Å². The van der Waals surface area contributed by atoms with Crippen molar-refractivity contribution < 1.29 is 14.6 Å². The average Bonchev–Trinajstić information content (AvgIpc) is 2.36. The highest BCUT2D eigenvalue weighted by molar-refractivity contribution is 5.77.